The number of hydrogen-bond acceptors (Lipinski definition) is 3. The van der Waals surface area contributed by atoms with Crippen molar-refractivity contribution in [2.24, 2.45) is 11.3 Å². The quantitative estimate of drug-likeness (QED) is 0.882. The number of benzene rings is 1. The second kappa shape index (κ2) is 5.41. The van der Waals surface area contributed by atoms with Gasteiger partial charge in [0.05, 0.1) is 5.41 Å². The molecule has 5 nitrogen and oxygen atoms in total. The summed E-state index contributed by atoms with van der Waals surface area (Å²) < 4.78 is 0. The van der Waals surface area contributed by atoms with Crippen LogP contribution in [0.3, 0.4) is 0 Å². The molecule has 1 fully saturated rings. The molecule has 1 aliphatic carbocycles. The van der Waals surface area contributed by atoms with Crippen LogP contribution in [-0.4, -0.2) is 21.1 Å². The first kappa shape index (κ1) is 15.8. The fourth-order valence-electron chi connectivity index (χ4n) is 3.69. The van der Waals surface area contributed by atoms with Crippen LogP contribution in [0.2, 0.25) is 0 Å². The maximum absolute atomic E-state index is 12.2. The van der Waals surface area contributed by atoms with Crippen molar-refractivity contribution in [3.63, 3.8) is 0 Å². The summed E-state index contributed by atoms with van der Waals surface area (Å²) in [7, 11) is 0. The Kier molecular flexibility index (Phi) is 3.42. The first-order valence-corrected chi connectivity index (χ1v) is 8.60. The van der Waals surface area contributed by atoms with Crippen molar-refractivity contribution in [1.82, 2.24) is 20.5 Å². The number of nitrogens with zero attached hydrogens (tertiary/aromatic N) is 2. The minimum absolute atomic E-state index is 0.111. The predicted octanol–water partition coefficient (Wildman–Crippen LogP) is 3.53. The summed E-state index contributed by atoms with van der Waals surface area (Å²) in [5.41, 5.74) is 5.18. The molecule has 2 heterocycles. The first-order valence-electron chi connectivity index (χ1n) is 8.60. The average molecular weight is 334 g/mol. The number of nitrogens with one attached hydrogen (secondary N) is 2. The van der Waals surface area contributed by atoms with E-state index in [9.17, 15) is 4.79 Å². The van der Waals surface area contributed by atoms with Crippen molar-refractivity contribution < 1.29 is 4.79 Å². The Labute approximate surface area is 147 Å². The summed E-state index contributed by atoms with van der Waals surface area (Å²) in [4.78, 5) is 16.6. The third-order valence-electron chi connectivity index (χ3n) is 5.38. The highest BCUT2D eigenvalue weighted by atomic mass is 16.2. The van der Waals surface area contributed by atoms with Crippen molar-refractivity contribution in [2.45, 2.75) is 34.1 Å². The minimum Gasteiger partial charge on any atom is -0.329 e. The highest BCUT2D eigenvalue weighted by Crippen LogP contribution is 2.44. The maximum atomic E-state index is 12.2. The Bertz CT molecular complexity index is 933. The summed E-state index contributed by atoms with van der Waals surface area (Å²) in [5.74, 6) is 1.86. The van der Waals surface area contributed by atoms with Crippen molar-refractivity contribution in [3.8, 4) is 11.4 Å². The van der Waals surface area contributed by atoms with Gasteiger partial charge in [-0.2, -0.15) is 5.10 Å². The van der Waals surface area contributed by atoms with E-state index in [1.807, 2.05) is 26.8 Å². The fourth-order valence-corrected chi connectivity index (χ4v) is 3.69. The van der Waals surface area contributed by atoms with Crippen LogP contribution in [0.4, 0.5) is 0 Å². The van der Waals surface area contributed by atoms with Crippen molar-refractivity contribution in [3.05, 3.63) is 53.0 Å². The van der Waals surface area contributed by atoms with Gasteiger partial charge < -0.3 is 5.32 Å². The van der Waals surface area contributed by atoms with Crippen molar-refractivity contribution in [2.75, 3.05) is 0 Å². The van der Waals surface area contributed by atoms with E-state index in [4.69, 9.17) is 0 Å². The van der Waals surface area contributed by atoms with E-state index in [0.717, 1.165) is 34.6 Å². The second-order valence-electron chi connectivity index (χ2n) is 7.50. The molecule has 2 N–H and O–H groups in total. The number of carbonyl (C=O) groups is 1. The number of hydrogen-bond donors (Lipinski definition) is 2. The summed E-state index contributed by atoms with van der Waals surface area (Å²) >= 11 is 0. The van der Waals surface area contributed by atoms with Crippen LogP contribution >= 0.6 is 0 Å². The molecule has 0 radical (unpaired) electrons. The van der Waals surface area contributed by atoms with Gasteiger partial charge in [-0.3, -0.25) is 9.89 Å². The molecule has 1 aromatic heterocycles. The lowest BCUT2D eigenvalue weighted by Crippen LogP contribution is -2.28. The largest absolute Gasteiger partial charge is 0.329 e. The van der Waals surface area contributed by atoms with Crippen molar-refractivity contribution >= 4 is 11.5 Å². The van der Waals surface area contributed by atoms with Crippen LogP contribution in [0.25, 0.3) is 17.0 Å². The molecule has 0 spiro atoms. The van der Waals surface area contributed by atoms with Gasteiger partial charge >= 0.3 is 0 Å². The van der Waals surface area contributed by atoms with Crippen LogP contribution in [0, 0.1) is 25.2 Å². The van der Waals surface area contributed by atoms with Gasteiger partial charge in [-0.1, -0.05) is 32.1 Å². The topological polar surface area (TPSA) is 70.7 Å². The lowest BCUT2D eigenvalue weighted by atomic mass is 9.75. The molecule has 2 aliphatic rings. The molecule has 25 heavy (non-hydrogen) atoms. The van der Waals surface area contributed by atoms with Gasteiger partial charge in [0.15, 0.2) is 5.82 Å². The molecule has 1 unspecified atom stereocenters. The highest BCUT2D eigenvalue weighted by molar-refractivity contribution is 5.90. The number of H-pyrrole nitrogens is 1. The zero-order chi connectivity index (χ0) is 17.8. The molecule has 0 bridgehead atoms. The van der Waals surface area contributed by atoms with Gasteiger partial charge in [-0.15, -0.1) is 0 Å². The van der Waals surface area contributed by atoms with Gasteiger partial charge in [0.1, 0.15) is 5.82 Å². The molecule has 128 valence electrons. The number of amides is 1. The maximum Gasteiger partial charge on any atom is 0.230 e. The molecule has 1 atom stereocenters. The number of allylic oxidation sites excluding steroid dienone is 4. The summed E-state index contributed by atoms with van der Waals surface area (Å²) in [6.45, 7) is 8.03. The smallest absolute Gasteiger partial charge is 0.230 e. The molecule has 4 rings (SSSR count). The van der Waals surface area contributed by atoms with E-state index in [2.05, 4.69) is 51.7 Å². The van der Waals surface area contributed by atoms with E-state index in [1.54, 1.807) is 0 Å². The fraction of sp³-hybridized carbons (Fsp3) is 0.350. The summed E-state index contributed by atoms with van der Waals surface area (Å²) in [5, 5.41) is 10.2. The van der Waals surface area contributed by atoms with Crippen LogP contribution in [0.15, 0.2) is 36.0 Å². The molecule has 1 aliphatic heterocycles. The third kappa shape index (κ3) is 2.51. The zero-order valence-corrected chi connectivity index (χ0v) is 15.0. The monoisotopic (exact) mass is 334 g/mol. The van der Waals surface area contributed by atoms with E-state index in [0.29, 0.717) is 5.82 Å². The molecule has 5 heteroatoms. The van der Waals surface area contributed by atoms with E-state index < -0.39 is 0 Å². The van der Waals surface area contributed by atoms with E-state index in [1.165, 1.54) is 5.56 Å². The Morgan fingerprint density at radius 3 is 2.76 bits per heavy atom. The van der Waals surface area contributed by atoms with Gasteiger partial charge in [-0.25, -0.2) is 4.98 Å². The third-order valence-corrected chi connectivity index (χ3v) is 5.38. The van der Waals surface area contributed by atoms with Gasteiger partial charge in [0.25, 0.3) is 0 Å². The van der Waals surface area contributed by atoms with Gasteiger partial charge in [0.2, 0.25) is 5.91 Å². The molecular weight excluding hydrogens is 312 g/mol. The van der Waals surface area contributed by atoms with Crippen molar-refractivity contribution in [1.29, 1.82) is 0 Å². The lowest BCUT2D eigenvalue weighted by molar-refractivity contribution is -0.127. The second-order valence-corrected chi connectivity index (χ2v) is 7.50. The summed E-state index contributed by atoms with van der Waals surface area (Å²) in [6, 6.07) is 6.27. The average Bonchev–Trinajstić information content (AvgIpc) is 3.10. The number of aromatic nitrogens is 3. The number of rotatable bonds is 2. The normalized spacial score (nSPS) is 21.4. The summed E-state index contributed by atoms with van der Waals surface area (Å²) in [6.07, 6.45) is 5.23. The SMILES string of the molecule is Cc1nc(-c2ccc(C)c(C3=CCC4C(=C3)NC(=O)C4(C)C)c2)n[nH]1. The van der Waals surface area contributed by atoms with Crippen LogP contribution < -0.4 is 5.32 Å². The lowest BCUT2D eigenvalue weighted by Gasteiger charge is -2.26. The molecule has 0 saturated carbocycles. The first-order chi connectivity index (χ1) is 11.9. The Balaban J connectivity index is 1.73. The minimum atomic E-state index is -0.346. The van der Waals surface area contributed by atoms with Crippen LogP contribution in [0.1, 0.15) is 37.2 Å². The zero-order valence-electron chi connectivity index (χ0n) is 15.0. The van der Waals surface area contributed by atoms with Crippen LogP contribution in [0.5, 0.6) is 0 Å². The Morgan fingerprint density at radius 2 is 2.04 bits per heavy atom. The number of fused-ring (bicyclic) bond motifs is 1. The molecule has 1 saturated heterocycles. The Hall–Kier alpha value is -2.69. The predicted molar refractivity (Wildman–Crippen MR) is 97.4 cm³/mol. The molecular formula is C20H22N4O. The molecule has 2 aromatic rings. The Morgan fingerprint density at radius 1 is 1.24 bits per heavy atom. The number of aryl methyl sites for hydroxylation is 2. The van der Waals surface area contributed by atoms with E-state index in [-0.39, 0.29) is 17.2 Å². The number of carbonyl (C=O) groups excluding carboxylic acids is 1. The standard InChI is InChI=1S/C20H22N4O/c1-11-5-6-14(18-21-12(2)23-24-18)9-15(11)13-7-8-16-17(10-13)22-19(25)20(16,3)4/h5-7,9-10,16H,8H2,1-4H3,(H,22,25)(H,21,23,24). The van der Waals surface area contributed by atoms with E-state index >= 15 is 0 Å². The highest BCUT2D eigenvalue weighted by Gasteiger charge is 2.45. The molecule has 1 aromatic carbocycles. The van der Waals surface area contributed by atoms with Gasteiger partial charge in [0, 0.05) is 17.2 Å². The van der Waals surface area contributed by atoms with Crippen LogP contribution in [-0.2, 0) is 4.79 Å². The molecule has 1 amide bonds. The van der Waals surface area contributed by atoms with Gasteiger partial charge in [-0.05, 0) is 49.1 Å². The number of aromatic amines is 1.